The summed E-state index contributed by atoms with van der Waals surface area (Å²) in [5, 5.41) is 3.09. The van der Waals surface area contributed by atoms with Crippen LogP contribution >= 0.6 is 0 Å². The van der Waals surface area contributed by atoms with E-state index in [2.05, 4.69) is 62.5 Å². The zero-order chi connectivity index (χ0) is 23.2. The van der Waals surface area contributed by atoms with Gasteiger partial charge in [-0.1, -0.05) is 52.0 Å². The fourth-order valence-corrected chi connectivity index (χ4v) is 7.11. The van der Waals surface area contributed by atoms with Crippen molar-refractivity contribution in [1.82, 2.24) is 0 Å². The lowest BCUT2D eigenvalue weighted by molar-refractivity contribution is -0.122. The number of anilines is 1. The maximum absolute atomic E-state index is 12.9. The van der Waals surface area contributed by atoms with Crippen LogP contribution in [0.1, 0.15) is 83.8 Å². The molecule has 176 valence electrons. The lowest BCUT2D eigenvalue weighted by Crippen LogP contribution is -2.48. The topological polar surface area (TPSA) is 38.3 Å². The molecule has 2 aromatic rings. The normalized spacial score (nSPS) is 29.0. The minimum absolute atomic E-state index is 0.0834. The van der Waals surface area contributed by atoms with Crippen LogP contribution in [0.15, 0.2) is 48.5 Å². The number of benzene rings is 2. The van der Waals surface area contributed by atoms with Crippen molar-refractivity contribution >= 4 is 11.6 Å². The average Bonchev–Trinajstić information content (AvgIpc) is 2.76. The summed E-state index contributed by atoms with van der Waals surface area (Å²) in [6.07, 6.45) is 8.60. The molecule has 3 heteroatoms. The summed E-state index contributed by atoms with van der Waals surface area (Å²) >= 11 is 0. The van der Waals surface area contributed by atoms with E-state index in [1.165, 1.54) is 49.7 Å². The molecule has 4 saturated carbocycles. The molecule has 4 aliphatic rings. The molecule has 1 N–H and O–H groups in total. The van der Waals surface area contributed by atoms with Crippen molar-refractivity contribution < 1.29 is 9.53 Å². The fourth-order valence-electron chi connectivity index (χ4n) is 7.11. The van der Waals surface area contributed by atoms with Crippen molar-refractivity contribution in [3.8, 4) is 5.75 Å². The Kier molecular flexibility index (Phi) is 5.79. The summed E-state index contributed by atoms with van der Waals surface area (Å²) in [5.41, 5.74) is 4.10. The van der Waals surface area contributed by atoms with Crippen LogP contribution in [-0.2, 0) is 15.6 Å². The van der Waals surface area contributed by atoms with Gasteiger partial charge in [-0.05, 0) is 109 Å². The van der Waals surface area contributed by atoms with Crippen molar-refractivity contribution in [2.75, 3.05) is 5.32 Å². The highest BCUT2D eigenvalue weighted by Crippen LogP contribution is 2.60. The monoisotopic (exact) mass is 445 g/mol. The fraction of sp³-hybridized carbons (Fsp3) is 0.567. The van der Waals surface area contributed by atoms with E-state index in [9.17, 15) is 4.79 Å². The van der Waals surface area contributed by atoms with Gasteiger partial charge in [0.05, 0.1) is 0 Å². The number of ether oxygens (including phenoxy) is 1. The third-order valence-corrected chi connectivity index (χ3v) is 8.46. The minimum atomic E-state index is -0.506. The molecular weight excluding hydrogens is 406 g/mol. The van der Waals surface area contributed by atoms with E-state index in [0.717, 1.165) is 29.2 Å². The van der Waals surface area contributed by atoms with Crippen LogP contribution in [0.2, 0.25) is 0 Å². The second-order valence-corrected chi connectivity index (χ2v) is 12.1. The second-order valence-electron chi connectivity index (χ2n) is 12.1. The third-order valence-electron chi connectivity index (χ3n) is 8.46. The number of carbonyl (C=O) groups excluding carboxylic acids is 1. The summed E-state index contributed by atoms with van der Waals surface area (Å²) in [6, 6.07) is 16.8. The molecule has 3 nitrogen and oxygen atoms in total. The molecule has 0 radical (unpaired) electrons. The number of carbonyl (C=O) groups is 1. The quantitative estimate of drug-likeness (QED) is 0.508. The molecule has 6 rings (SSSR count). The summed E-state index contributed by atoms with van der Waals surface area (Å²) in [6.45, 7) is 8.57. The highest BCUT2D eigenvalue weighted by Gasteiger charge is 2.51. The minimum Gasteiger partial charge on any atom is -0.481 e. The number of hydrogen-bond donors (Lipinski definition) is 1. The van der Waals surface area contributed by atoms with Gasteiger partial charge in [-0.25, -0.2) is 0 Å². The number of amides is 1. The van der Waals surface area contributed by atoms with E-state index in [1.54, 1.807) is 0 Å². The van der Waals surface area contributed by atoms with E-state index in [4.69, 9.17) is 4.74 Å². The van der Waals surface area contributed by atoms with Gasteiger partial charge < -0.3 is 10.1 Å². The number of rotatable bonds is 6. The number of nitrogens with one attached hydrogen (secondary N) is 1. The van der Waals surface area contributed by atoms with Gasteiger partial charge >= 0.3 is 0 Å². The van der Waals surface area contributed by atoms with Gasteiger partial charge in [0.25, 0.3) is 5.91 Å². The first-order valence-corrected chi connectivity index (χ1v) is 12.9. The Balaban J connectivity index is 1.23. The van der Waals surface area contributed by atoms with Crippen LogP contribution in [0.3, 0.4) is 0 Å². The Morgan fingerprint density at radius 1 is 0.939 bits per heavy atom. The van der Waals surface area contributed by atoms with Gasteiger partial charge in [-0.3, -0.25) is 4.79 Å². The summed E-state index contributed by atoms with van der Waals surface area (Å²) in [4.78, 5) is 12.9. The van der Waals surface area contributed by atoms with Crippen LogP contribution in [-0.4, -0.2) is 12.0 Å². The largest absolute Gasteiger partial charge is 0.481 e. The van der Waals surface area contributed by atoms with E-state index in [1.807, 2.05) is 19.1 Å². The van der Waals surface area contributed by atoms with Gasteiger partial charge in [-0.2, -0.15) is 0 Å². The molecule has 33 heavy (non-hydrogen) atoms. The van der Waals surface area contributed by atoms with E-state index in [-0.39, 0.29) is 11.3 Å². The Morgan fingerprint density at radius 2 is 1.48 bits per heavy atom. The smallest absolute Gasteiger partial charge is 0.265 e. The molecule has 0 spiro atoms. The van der Waals surface area contributed by atoms with Crippen LogP contribution < -0.4 is 10.1 Å². The number of hydrogen-bond acceptors (Lipinski definition) is 2. The van der Waals surface area contributed by atoms with Crippen molar-refractivity contribution in [2.24, 2.45) is 17.8 Å². The van der Waals surface area contributed by atoms with E-state index in [0.29, 0.717) is 11.8 Å². The van der Waals surface area contributed by atoms with Crippen molar-refractivity contribution in [1.29, 1.82) is 0 Å². The first-order chi connectivity index (χ1) is 15.7. The third kappa shape index (κ3) is 4.56. The molecule has 2 aromatic carbocycles. The Hall–Kier alpha value is -2.29. The lowest BCUT2D eigenvalue weighted by Gasteiger charge is -2.57. The Bertz CT molecular complexity index is 948. The maximum atomic E-state index is 12.9. The molecule has 4 aliphatic carbocycles. The van der Waals surface area contributed by atoms with Gasteiger partial charge in [-0.15, -0.1) is 0 Å². The zero-order valence-electron chi connectivity index (χ0n) is 20.7. The first-order valence-electron chi connectivity index (χ1n) is 12.9. The Labute approximate surface area is 199 Å². The van der Waals surface area contributed by atoms with Crippen LogP contribution in [0, 0.1) is 17.8 Å². The van der Waals surface area contributed by atoms with Crippen molar-refractivity contribution in [3.05, 3.63) is 59.7 Å². The summed E-state index contributed by atoms with van der Waals surface area (Å²) in [7, 11) is 0. The van der Waals surface area contributed by atoms with E-state index >= 15 is 0 Å². The molecule has 1 amide bonds. The lowest BCUT2D eigenvalue weighted by atomic mass is 9.48. The van der Waals surface area contributed by atoms with Gasteiger partial charge in [0.2, 0.25) is 0 Å². The van der Waals surface area contributed by atoms with Crippen LogP contribution in [0.25, 0.3) is 0 Å². The molecule has 4 bridgehead atoms. The Morgan fingerprint density at radius 3 is 1.97 bits per heavy atom. The van der Waals surface area contributed by atoms with Crippen molar-refractivity contribution in [3.63, 3.8) is 0 Å². The highest BCUT2D eigenvalue weighted by atomic mass is 16.5. The molecule has 0 aromatic heterocycles. The second kappa shape index (κ2) is 8.49. The molecule has 0 heterocycles. The molecule has 0 saturated heterocycles. The first kappa shape index (κ1) is 22.5. The molecule has 0 aliphatic heterocycles. The predicted octanol–water partition coefficient (Wildman–Crippen LogP) is 7.25. The molecule has 1 atom stereocenters. The predicted molar refractivity (Wildman–Crippen MR) is 135 cm³/mol. The molecule has 4 fully saturated rings. The van der Waals surface area contributed by atoms with E-state index < -0.39 is 6.10 Å². The standard InChI is InChI=1S/C30H39NO2/c1-5-27(33-26-12-8-23(9-13-26)29(2,3)4)28(32)31-25-10-6-24(7-11-25)30-17-20-14-21(18-30)16-22(15-20)19-30/h6-13,20-22,27H,5,14-19H2,1-4H3,(H,31,32). The molecule has 1 unspecified atom stereocenters. The van der Waals surface area contributed by atoms with Gasteiger partial charge in [0.1, 0.15) is 5.75 Å². The van der Waals surface area contributed by atoms with Crippen molar-refractivity contribution in [2.45, 2.75) is 89.6 Å². The maximum Gasteiger partial charge on any atom is 0.265 e. The van der Waals surface area contributed by atoms with Gasteiger partial charge in [0, 0.05) is 5.69 Å². The zero-order valence-corrected chi connectivity index (χ0v) is 20.7. The summed E-state index contributed by atoms with van der Waals surface area (Å²) in [5.74, 6) is 3.48. The average molecular weight is 446 g/mol. The van der Waals surface area contributed by atoms with Gasteiger partial charge in [0.15, 0.2) is 6.10 Å². The SMILES string of the molecule is CCC(Oc1ccc(C(C)(C)C)cc1)C(=O)Nc1ccc(C23CC4CC(CC(C4)C2)C3)cc1. The summed E-state index contributed by atoms with van der Waals surface area (Å²) < 4.78 is 6.04. The van der Waals surface area contributed by atoms with Crippen LogP contribution in [0.5, 0.6) is 5.75 Å². The molecular formula is C30H39NO2. The highest BCUT2D eigenvalue weighted by molar-refractivity contribution is 5.94. The van der Waals surface area contributed by atoms with Crippen LogP contribution in [0.4, 0.5) is 5.69 Å².